The van der Waals surface area contributed by atoms with Gasteiger partial charge in [-0.25, -0.2) is 0 Å². The topological polar surface area (TPSA) is 17.1 Å². The minimum Gasteiger partial charge on any atom is -0.289 e. The molecule has 1 unspecified atom stereocenters. The molecule has 1 heteroatoms. The Labute approximate surface area is 157 Å². The van der Waals surface area contributed by atoms with Crippen molar-refractivity contribution in [3.8, 4) is 0 Å². The van der Waals surface area contributed by atoms with Crippen molar-refractivity contribution in [2.24, 2.45) is 5.92 Å². The summed E-state index contributed by atoms with van der Waals surface area (Å²) in [6.45, 7) is 6.41. The fourth-order valence-electron chi connectivity index (χ4n) is 3.87. The van der Waals surface area contributed by atoms with Gasteiger partial charge in [0.1, 0.15) is 0 Å². The zero-order valence-electron chi connectivity index (χ0n) is 16.1. The van der Waals surface area contributed by atoms with Gasteiger partial charge >= 0.3 is 0 Å². The Kier molecular flexibility index (Phi) is 5.88. The second kappa shape index (κ2) is 8.31. The number of allylic oxidation sites excluding steroid dienone is 2. The number of rotatable bonds is 4. The van der Waals surface area contributed by atoms with E-state index < -0.39 is 0 Å². The van der Waals surface area contributed by atoms with Crippen LogP contribution in [0.2, 0.25) is 0 Å². The van der Waals surface area contributed by atoms with Crippen LogP contribution >= 0.6 is 0 Å². The summed E-state index contributed by atoms with van der Waals surface area (Å²) < 4.78 is 0. The molecular formula is C25H28O. The maximum absolute atomic E-state index is 13.1. The van der Waals surface area contributed by atoms with Crippen molar-refractivity contribution in [3.63, 3.8) is 0 Å². The van der Waals surface area contributed by atoms with Crippen molar-refractivity contribution in [1.82, 2.24) is 0 Å². The lowest BCUT2D eigenvalue weighted by molar-refractivity contribution is -0.113. The Morgan fingerprint density at radius 3 is 1.81 bits per heavy atom. The van der Waals surface area contributed by atoms with Crippen molar-refractivity contribution in [2.45, 2.75) is 46.5 Å². The minimum absolute atomic E-state index is 0.223. The van der Waals surface area contributed by atoms with Gasteiger partial charge in [0.15, 0.2) is 5.78 Å². The third kappa shape index (κ3) is 4.60. The molecule has 134 valence electrons. The molecular weight excluding hydrogens is 316 g/mol. The highest BCUT2D eigenvalue weighted by atomic mass is 16.1. The highest BCUT2D eigenvalue weighted by Gasteiger charge is 2.27. The molecule has 3 rings (SSSR count). The SMILES string of the molecule is CCCC1C/C(=C/c2cccc(C)c2)C(=O)/C(=C/c2cccc(C)c2)C1. The van der Waals surface area contributed by atoms with Gasteiger partial charge in [0, 0.05) is 11.1 Å². The van der Waals surface area contributed by atoms with E-state index >= 15 is 0 Å². The summed E-state index contributed by atoms with van der Waals surface area (Å²) in [7, 11) is 0. The first-order chi connectivity index (χ1) is 12.5. The van der Waals surface area contributed by atoms with Crippen molar-refractivity contribution >= 4 is 17.9 Å². The number of hydrogen-bond acceptors (Lipinski definition) is 1. The molecule has 0 bridgehead atoms. The molecule has 26 heavy (non-hydrogen) atoms. The molecule has 1 saturated carbocycles. The number of carbonyl (C=O) groups excluding carboxylic acids is 1. The van der Waals surface area contributed by atoms with Gasteiger partial charge in [0.05, 0.1) is 0 Å². The summed E-state index contributed by atoms with van der Waals surface area (Å²) in [5.41, 5.74) is 6.62. The van der Waals surface area contributed by atoms with Crippen LogP contribution in [0.15, 0.2) is 59.7 Å². The van der Waals surface area contributed by atoms with Crippen LogP contribution in [0.3, 0.4) is 0 Å². The number of carbonyl (C=O) groups is 1. The Morgan fingerprint density at radius 2 is 1.38 bits per heavy atom. The van der Waals surface area contributed by atoms with E-state index in [4.69, 9.17) is 0 Å². The van der Waals surface area contributed by atoms with Crippen LogP contribution in [-0.2, 0) is 4.79 Å². The van der Waals surface area contributed by atoms with E-state index in [1.807, 2.05) is 0 Å². The highest BCUT2D eigenvalue weighted by Crippen LogP contribution is 2.35. The van der Waals surface area contributed by atoms with Gasteiger partial charge in [0.25, 0.3) is 0 Å². The van der Waals surface area contributed by atoms with Gasteiger partial charge in [-0.3, -0.25) is 4.79 Å². The lowest BCUT2D eigenvalue weighted by Gasteiger charge is -2.25. The number of hydrogen-bond donors (Lipinski definition) is 0. The molecule has 0 heterocycles. The second-order valence-electron chi connectivity index (χ2n) is 7.56. The first-order valence-corrected chi connectivity index (χ1v) is 9.64. The van der Waals surface area contributed by atoms with E-state index in [0.717, 1.165) is 41.5 Å². The van der Waals surface area contributed by atoms with E-state index in [1.165, 1.54) is 17.5 Å². The van der Waals surface area contributed by atoms with Gasteiger partial charge in [0.2, 0.25) is 0 Å². The number of ketones is 1. The molecule has 0 N–H and O–H groups in total. The fourth-order valence-corrected chi connectivity index (χ4v) is 3.87. The van der Waals surface area contributed by atoms with Crippen molar-refractivity contribution < 1.29 is 4.79 Å². The minimum atomic E-state index is 0.223. The summed E-state index contributed by atoms with van der Waals surface area (Å²) in [5.74, 6) is 0.783. The zero-order chi connectivity index (χ0) is 18.5. The molecule has 0 radical (unpaired) electrons. The van der Waals surface area contributed by atoms with Crippen molar-refractivity contribution in [2.75, 3.05) is 0 Å². The lowest BCUT2D eigenvalue weighted by Crippen LogP contribution is -2.20. The van der Waals surface area contributed by atoms with Gasteiger partial charge in [-0.1, -0.05) is 79.4 Å². The maximum atomic E-state index is 13.1. The standard InChI is InChI=1S/C25H28O/c1-4-7-20-14-23(16-21-10-5-8-18(2)12-21)25(26)24(15-20)17-22-11-6-9-19(3)13-22/h5-6,8-13,16-17,20H,4,7,14-15H2,1-3H3/b23-16-,24-17+. The molecule has 1 nitrogen and oxygen atoms in total. The predicted octanol–water partition coefficient (Wildman–Crippen LogP) is 6.55. The van der Waals surface area contributed by atoms with Crippen LogP contribution < -0.4 is 0 Å². The smallest absolute Gasteiger partial charge is 0.185 e. The monoisotopic (exact) mass is 344 g/mol. The van der Waals surface area contributed by atoms with Crippen LogP contribution in [0, 0.1) is 19.8 Å². The van der Waals surface area contributed by atoms with Crippen LogP contribution in [0.5, 0.6) is 0 Å². The Hall–Kier alpha value is -2.41. The summed E-state index contributed by atoms with van der Waals surface area (Å²) in [6.07, 6.45) is 8.32. The fraction of sp³-hybridized carbons (Fsp3) is 0.320. The first-order valence-electron chi connectivity index (χ1n) is 9.64. The molecule has 0 aliphatic heterocycles. The number of aryl methyl sites for hydroxylation is 2. The first kappa shape index (κ1) is 18.4. The molecule has 1 fully saturated rings. The number of benzene rings is 2. The quantitative estimate of drug-likeness (QED) is 0.575. The maximum Gasteiger partial charge on any atom is 0.185 e. The second-order valence-corrected chi connectivity index (χ2v) is 7.56. The van der Waals surface area contributed by atoms with Crippen LogP contribution in [0.1, 0.15) is 54.9 Å². The summed E-state index contributed by atoms with van der Waals surface area (Å²) in [5, 5.41) is 0. The molecule has 0 amide bonds. The Morgan fingerprint density at radius 1 is 0.885 bits per heavy atom. The van der Waals surface area contributed by atoms with E-state index in [0.29, 0.717) is 5.92 Å². The normalized spacial score (nSPS) is 20.7. The molecule has 1 atom stereocenters. The third-order valence-corrected chi connectivity index (χ3v) is 5.06. The number of Topliss-reactive ketones (excluding diaryl/α,β-unsaturated/α-hetero) is 1. The van der Waals surface area contributed by atoms with Gasteiger partial charge < -0.3 is 0 Å². The van der Waals surface area contributed by atoms with Gasteiger partial charge in [-0.15, -0.1) is 0 Å². The molecule has 2 aromatic rings. The van der Waals surface area contributed by atoms with Crippen LogP contribution in [0.25, 0.3) is 12.2 Å². The van der Waals surface area contributed by atoms with Gasteiger partial charge in [-0.2, -0.15) is 0 Å². The van der Waals surface area contributed by atoms with Crippen molar-refractivity contribution in [1.29, 1.82) is 0 Å². The summed E-state index contributed by atoms with van der Waals surface area (Å²) >= 11 is 0. The van der Waals surface area contributed by atoms with E-state index in [-0.39, 0.29) is 5.78 Å². The Bertz CT molecular complexity index is 786. The lowest BCUT2D eigenvalue weighted by atomic mass is 9.78. The van der Waals surface area contributed by atoms with Crippen LogP contribution in [0.4, 0.5) is 0 Å². The summed E-state index contributed by atoms with van der Waals surface area (Å²) in [6, 6.07) is 16.8. The zero-order valence-corrected chi connectivity index (χ0v) is 16.1. The average Bonchev–Trinajstić information content (AvgIpc) is 2.59. The summed E-state index contributed by atoms with van der Waals surface area (Å²) in [4.78, 5) is 13.1. The molecule has 2 aromatic carbocycles. The molecule has 1 aliphatic rings. The van der Waals surface area contributed by atoms with Crippen molar-refractivity contribution in [3.05, 3.63) is 81.9 Å². The molecule has 1 aliphatic carbocycles. The Balaban J connectivity index is 1.96. The largest absolute Gasteiger partial charge is 0.289 e. The molecule has 0 saturated heterocycles. The molecule has 0 spiro atoms. The van der Waals surface area contributed by atoms with E-state index in [9.17, 15) is 4.79 Å². The predicted molar refractivity (Wildman–Crippen MR) is 111 cm³/mol. The molecule has 0 aromatic heterocycles. The average molecular weight is 344 g/mol. The van der Waals surface area contributed by atoms with Gasteiger partial charge in [-0.05, 0) is 55.9 Å². The third-order valence-electron chi connectivity index (χ3n) is 5.06. The van der Waals surface area contributed by atoms with E-state index in [2.05, 4.69) is 81.5 Å². The van der Waals surface area contributed by atoms with Crippen LogP contribution in [-0.4, -0.2) is 5.78 Å². The van der Waals surface area contributed by atoms with E-state index in [1.54, 1.807) is 0 Å². The highest BCUT2D eigenvalue weighted by molar-refractivity contribution is 6.14.